The van der Waals surface area contributed by atoms with Gasteiger partial charge in [0.1, 0.15) is 6.61 Å². The molecule has 0 fully saturated rings. The van der Waals surface area contributed by atoms with Crippen LogP contribution in [0.2, 0.25) is 0 Å². The van der Waals surface area contributed by atoms with Gasteiger partial charge in [0, 0.05) is 6.08 Å². The second-order valence-corrected chi connectivity index (χ2v) is 7.00. The van der Waals surface area contributed by atoms with Crippen molar-refractivity contribution < 1.29 is 14.3 Å². The number of carbonyl (C=O) groups is 1. The summed E-state index contributed by atoms with van der Waals surface area (Å²) in [4.78, 5) is 11.9. The largest absolute Gasteiger partial charge is 0.493 e. The van der Waals surface area contributed by atoms with Gasteiger partial charge in [0.05, 0.1) is 13.7 Å². The predicted octanol–water partition coefficient (Wildman–Crippen LogP) is 4.20. The van der Waals surface area contributed by atoms with Gasteiger partial charge in [0.2, 0.25) is 5.91 Å². The summed E-state index contributed by atoms with van der Waals surface area (Å²) in [6.07, 6.45) is 3.35. The highest BCUT2D eigenvalue weighted by molar-refractivity contribution is 5.91. The van der Waals surface area contributed by atoms with Crippen LogP contribution in [0, 0.1) is 0 Å². The van der Waals surface area contributed by atoms with E-state index < -0.39 is 0 Å². The zero-order valence-electron chi connectivity index (χ0n) is 15.9. The number of hydrogen-bond donors (Lipinski definition) is 1. The quantitative estimate of drug-likeness (QED) is 0.599. The van der Waals surface area contributed by atoms with Crippen molar-refractivity contribution in [2.75, 3.05) is 20.3 Å². The van der Waals surface area contributed by atoms with Gasteiger partial charge in [-0.05, 0) is 34.8 Å². The smallest absolute Gasteiger partial charge is 0.244 e. The van der Waals surface area contributed by atoms with Crippen molar-refractivity contribution in [1.82, 2.24) is 5.32 Å². The molecule has 0 radical (unpaired) electrons. The number of ether oxygens (including phenoxy) is 2. The number of hydrogen-bond acceptors (Lipinski definition) is 3. The number of benzene rings is 2. The van der Waals surface area contributed by atoms with Crippen LogP contribution >= 0.6 is 0 Å². The van der Waals surface area contributed by atoms with Crippen molar-refractivity contribution >= 4 is 12.0 Å². The third kappa shape index (κ3) is 5.96. The van der Waals surface area contributed by atoms with Crippen molar-refractivity contribution in [3.8, 4) is 11.5 Å². The molecule has 0 aromatic heterocycles. The molecule has 138 valence electrons. The molecular weight excluding hydrogens is 326 g/mol. The van der Waals surface area contributed by atoms with E-state index in [2.05, 4.69) is 38.2 Å². The molecule has 0 atom stereocenters. The number of carbonyl (C=O) groups excluding carboxylic acids is 1. The first-order valence-corrected chi connectivity index (χ1v) is 8.72. The van der Waals surface area contributed by atoms with Gasteiger partial charge in [0.25, 0.3) is 0 Å². The average molecular weight is 353 g/mol. The topological polar surface area (TPSA) is 47.6 Å². The van der Waals surface area contributed by atoms with Gasteiger partial charge in [-0.15, -0.1) is 0 Å². The minimum absolute atomic E-state index is 0.126. The Morgan fingerprint density at radius 3 is 2.31 bits per heavy atom. The molecule has 2 rings (SSSR count). The maximum absolute atomic E-state index is 11.9. The third-order valence-electron chi connectivity index (χ3n) is 3.93. The van der Waals surface area contributed by atoms with E-state index >= 15 is 0 Å². The maximum Gasteiger partial charge on any atom is 0.244 e. The first-order valence-electron chi connectivity index (χ1n) is 8.72. The van der Waals surface area contributed by atoms with Gasteiger partial charge in [-0.1, -0.05) is 57.2 Å². The lowest BCUT2D eigenvalue weighted by Crippen LogP contribution is -2.26. The van der Waals surface area contributed by atoms with E-state index in [0.29, 0.717) is 24.7 Å². The van der Waals surface area contributed by atoms with Crippen LogP contribution in [0.15, 0.2) is 54.6 Å². The van der Waals surface area contributed by atoms with E-state index in [1.54, 1.807) is 7.11 Å². The van der Waals surface area contributed by atoms with Gasteiger partial charge in [-0.25, -0.2) is 0 Å². The summed E-state index contributed by atoms with van der Waals surface area (Å²) in [5, 5.41) is 2.80. The lowest BCUT2D eigenvalue weighted by molar-refractivity contribution is -0.116. The highest BCUT2D eigenvalue weighted by Crippen LogP contribution is 2.25. The van der Waals surface area contributed by atoms with E-state index in [-0.39, 0.29) is 11.3 Å². The van der Waals surface area contributed by atoms with Crippen molar-refractivity contribution in [3.63, 3.8) is 0 Å². The van der Waals surface area contributed by atoms with Crippen LogP contribution in [0.1, 0.15) is 31.9 Å². The average Bonchev–Trinajstić information content (AvgIpc) is 2.63. The third-order valence-corrected chi connectivity index (χ3v) is 3.93. The summed E-state index contributed by atoms with van der Waals surface area (Å²) in [5.74, 6) is 1.20. The van der Waals surface area contributed by atoms with Gasteiger partial charge in [0.15, 0.2) is 11.5 Å². The molecule has 1 N–H and O–H groups in total. The summed E-state index contributed by atoms with van der Waals surface area (Å²) in [6, 6.07) is 15.7. The van der Waals surface area contributed by atoms with Gasteiger partial charge in [-0.2, -0.15) is 0 Å². The molecule has 0 unspecified atom stereocenters. The van der Waals surface area contributed by atoms with Crippen LogP contribution in [0.3, 0.4) is 0 Å². The molecule has 0 heterocycles. The van der Waals surface area contributed by atoms with E-state index in [9.17, 15) is 4.79 Å². The molecule has 0 spiro atoms. The fourth-order valence-electron chi connectivity index (χ4n) is 2.40. The lowest BCUT2D eigenvalue weighted by atomic mass is 9.87. The second kappa shape index (κ2) is 9.09. The minimum atomic E-state index is -0.145. The lowest BCUT2D eigenvalue weighted by Gasteiger charge is -2.18. The Kier molecular flexibility index (Phi) is 6.84. The van der Waals surface area contributed by atoms with Crippen LogP contribution in [0.25, 0.3) is 6.08 Å². The van der Waals surface area contributed by atoms with Crippen LogP contribution in [0.5, 0.6) is 11.5 Å². The number of methoxy groups -OCH3 is 1. The van der Waals surface area contributed by atoms with Crippen LogP contribution in [0.4, 0.5) is 0 Å². The Bertz CT molecular complexity index is 743. The Morgan fingerprint density at radius 1 is 1.04 bits per heavy atom. The van der Waals surface area contributed by atoms with Crippen molar-refractivity contribution in [2.45, 2.75) is 26.2 Å². The van der Waals surface area contributed by atoms with Gasteiger partial charge < -0.3 is 14.8 Å². The summed E-state index contributed by atoms with van der Waals surface area (Å²) in [7, 11) is 1.60. The molecule has 4 heteroatoms. The number of nitrogens with one attached hydrogen (secondary N) is 1. The summed E-state index contributed by atoms with van der Waals surface area (Å²) < 4.78 is 10.8. The summed E-state index contributed by atoms with van der Waals surface area (Å²) in [5.41, 5.74) is 2.40. The first kappa shape index (κ1) is 19.6. The van der Waals surface area contributed by atoms with Gasteiger partial charge >= 0.3 is 0 Å². The fourth-order valence-corrected chi connectivity index (χ4v) is 2.40. The SMILES string of the molecule is COc1ccccc1OCCNC(=O)/C=C/c1ccc(C(C)(C)C)cc1. The minimum Gasteiger partial charge on any atom is -0.493 e. The molecule has 2 aromatic rings. The monoisotopic (exact) mass is 353 g/mol. The Hall–Kier alpha value is -2.75. The van der Waals surface area contributed by atoms with Crippen molar-refractivity contribution in [3.05, 3.63) is 65.7 Å². The highest BCUT2D eigenvalue weighted by Gasteiger charge is 2.12. The highest BCUT2D eigenvalue weighted by atomic mass is 16.5. The van der Waals surface area contributed by atoms with Crippen LogP contribution < -0.4 is 14.8 Å². The summed E-state index contributed by atoms with van der Waals surface area (Å²) >= 11 is 0. The Morgan fingerprint density at radius 2 is 1.69 bits per heavy atom. The zero-order chi connectivity index (χ0) is 19.0. The molecule has 0 saturated heterocycles. The fraction of sp³-hybridized carbons (Fsp3) is 0.318. The molecule has 1 amide bonds. The zero-order valence-corrected chi connectivity index (χ0v) is 15.9. The number of amides is 1. The normalized spacial score (nSPS) is 11.4. The molecule has 0 aliphatic rings. The molecule has 26 heavy (non-hydrogen) atoms. The van der Waals surface area contributed by atoms with E-state index in [1.807, 2.05) is 42.5 Å². The van der Waals surface area contributed by atoms with E-state index in [0.717, 1.165) is 5.56 Å². The van der Waals surface area contributed by atoms with E-state index in [1.165, 1.54) is 11.6 Å². The molecular formula is C22H27NO3. The second-order valence-electron chi connectivity index (χ2n) is 7.00. The molecule has 0 bridgehead atoms. The maximum atomic E-state index is 11.9. The Labute approximate surface area is 155 Å². The molecule has 0 aliphatic carbocycles. The number of rotatable bonds is 7. The van der Waals surface area contributed by atoms with Gasteiger partial charge in [-0.3, -0.25) is 4.79 Å². The summed E-state index contributed by atoms with van der Waals surface area (Å²) in [6.45, 7) is 7.33. The van der Waals surface area contributed by atoms with Crippen LogP contribution in [-0.2, 0) is 10.2 Å². The molecule has 4 nitrogen and oxygen atoms in total. The standard InChI is InChI=1S/C22H27NO3/c1-22(2,3)18-12-9-17(10-13-18)11-14-21(24)23-15-16-26-20-8-6-5-7-19(20)25-4/h5-14H,15-16H2,1-4H3,(H,23,24)/b14-11+. The molecule has 0 saturated carbocycles. The van der Waals surface area contributed by atoms with Crippen molar-refractivity contribution in [2.24, 2.45) is 0 Å². The Balaban J connectivity index is 1.77. The van der Waals surface area contributed by atoms with Crippen LogP contribution in [-0.4, -0.2) is 26.2 Å². The molecule has 0 aliphatic heterocycles. The predicted molar refractivity (Wildman–Crippen MR) is 106 cm³/mol. The number of para-hydroxylation sites is 2. The first-order chi connectivity index (χ1) is 12.4. The molecule has 2 aromatic carbocycles. The van der Waals surface area contributed by atoms with E-state index in [4.69, 9.17) is 9.47 Å². The van der Waals surface area contributed by atoms with Crippen molar-refractivity contribution in [1.29, 1.82) is 0 Å².